The van der Waals surface area contributed by atoms with E-state index in [-0.39, 0.29) is 0 Å². The Kier molecular flexibility index (Phi) is 6.87. The first-order valence-corrected chi connectivity index (χ1v) is 8.79. The maximum atomic E-state index is 5.64. The number of ether oxygens (including phenoxy) is 1. The first-order valence-electron chi connectivity index (χ1n) is 7.91. The molecule has 0 fully saturated rings. The lowest BCUT2D eigenvalue weighted by molar-refractivity contribution is 0.336. The molecule has 0 atom stereocenters. The van der Waals surface area contributed by atoms with Crippen LogP contribution in [0, 0.1) is 0 Å². The number of anilines is 1. The average Bonchev–Trinajstić information content (AvgIpc) is 3.06. The molecule has 0 saturated carbocycles. The Labute approximate surface area is 147 Å². The van der Waals surface area contributed by atoms with Crippen LogP contribution in [0.3, 0.4) is 0 Å². The molecule has 7 heteroatoms. The van der Waals surface area contributed by atoms with Crippen LogP contribution in [0.15, 0.2) is 34.6 Å². The molecule has 2 N–H and O–H groups in total. The number of para-hydroxylation sites is 1. The van der Waals surface area contributed by atoms with Gasteiger partial charge in [-0.05, 0) is 13.0 Å². The van der Waals surface area contributed by atoms with Crippen molar-refractivity contribution < 1.29 is 4.74 Å². The number of hydrogen-bond donors (Lipinski definition) is 2. The summed E-state index contributed by atoms with van der Waals surface area (Å²) < 4.78 is 5.64. The van der Waals surface area contributed by atoms with Crippen LogP contribution in [0.1, 0.15) is 18.2 Å². The number of nitrogens with zero attached hydrogens (tertiary/aromatic N) is 3. The van der Waals surface area contributed by atoms with E-state index in [1.54, 1.807) is 18.4 Å². The standard InChI is InChI=1S/C17H25N5OS/c1-5-23-15-9-7-6-8-13(15)10-19-16(18-2)20-11-14-12-24-17(21-14)22(3)4/h6-9,12H,5,10-11H2,1-4H3,(H2,18,19,20). The molecule has 0 spiro atoms. The van der Waals surface area contributed by atoms with Crippen molar-refractivity contribution in [3.05, 3.63) is 40.9 Å². The molecule has 0 unspecified atom stereocenters. The number of rotatable bonds is 7. The fourth-order valence-corrected chi connectivity index (χ4v) is 2.86. The van der Waals surface area contributed by atoms with Gasteiger partial charge in [-0.2, -0.15) is 0 Å². The summed E-state index contributed by atoms with van der Waals surface area (Å²) in [6.45, 7) is 3.93. The Morgan fingerprint density at radius 2 is 2.00 bits per heavy atom. The average molecular weight is 347 g/mol. The number of benzene rings is 1. The highest BCUT2D eigenvalue weighted by Gasteiger charge is 2.06. The van der Waals surface area contributed by atoms with E-state index in [4.69, 9.17) is 4.74 Å². The largest absolute Gasteiger partial charge is 0.494 e. The van der Waals surface area contributed by atoms with Gasteiger partial charge in [0.2, 0.25) is 0 Å². The Morgan fingerprint density at radius 3 is 2.67 bits per heavy atom. The predicted molar refractivity (Wildman–Crippen MR) is 101 cm³/mol. The SMILES string of the molecule is CCOc1ccccc1CNC(=NC)NCc1csc(N(C)C)n1. The molecule has 0 radical (unpaired) electrons. The summed E-state index contributed by atoms with van der Waals surface area (Å²) in [5.74, 6) is 1.64. The van der Waals surface area contributed by atoms with Crippen molar-refractivity contribution >= 4 is 22.4 Å². The van der Waals surface area contributed by atoms with Gasteiger partial charge >= 0.3 is 0 Å². The maximum absolute atomic E-state index is 5.64. The van der Waals surface area contributed by atoms with E-state index in [1.807, 2.05) is 44.1 Å². The molecule has 1 heterocycles. The highest BCUT2D eigenvalue weighted by Crippen LogP contribution is 2.18. The van der Waals surface area contributed by atoms with Crippen LogP contribution in [0.2, 0.25) is 0 Å². The third kappa shape index (κ3) is 5.13. The second-order valence-electron chi connectivity index (χ2n) is 5.34. The maximum Gasteiger partial charge on any atom is 0.191 e. The van der Waals surface area contributed by atoms with Crippen LogP contribution in [-0.2, 0) is 13.1 Å². The van der Waals surface area contributed by atoms with E-state index in [2.05, 4.69) is 32.1 Å². The lowest BCUT2D eigenvalue weighted by atomic mass is 10.2. The zero-order valence-corrected chi connectivity index (χ0v) is 15.5. The van der Waals surface area contributed by atoms with Crippen molar-refractivity contribution in [2.45, 2.75) is 20.0 Å². The normalized spacial score (nSPS) is 11.2. The monoisotopic (exact) mass is 347 g/mol. The number of aromatic nitrogens is 1. The Balaban J connectivity index is 1.88. The fraction of sp³-hybridized carbons (Fsp3) is 0.412. The van der Waals surface area contributed by atoms with Gasteiger partial charge in [0.25, 0.3) is 0 Å². The first kappa shape index (κ1) is 18.1. The van der Waals surface area contributed by atoms with Gasteiger partial charge in [0.05, 0.1) is 18.8 Å². The number of nitrogens with one attached hydrogen (secondary N) is 2. The molecule has 1 aromatic carbocycles. The van der Waals surface area contributed by atoms with Gasteiger partial charge in [0, 0.05) is 38.6 Å². The van der Waals surface area contributed by atoms with E-state index >= 15 is 0 Å². The smallest absolute Gasteiger partial charge is 0.191 e. The van der Waals surface area contributed by atoms with E-state index in [0.29, 0.717) is 19.7 Å². The van der Waals surface area contributed by atoms with Crippen LogP contribution in [-0.4, -0.2) is 38.7 Å². The second kappa shape index (κ2) is 9.12. The number of thiazole rings is 1. The zero-order chi connectivity index (χ0) is 17.4. The second-order valence-corrected chi connectivity index (χ2v) is 6.17. The van der Waals surface area contributed by atoms with Crippen molar-refractivity contribution in [2.24, 2.45) is 4.99 Å². The van der Waals surface area contributed by atoms with Crippen molar-refractivity contribution in [1.29, 1.82) is 0 Å². The molecule has 6 nitrogen and oxygen atoms in total. The van der Waals surface area contributed by atoms with Crippen LogP contribution in [0.4, 0.5) is 5.13 Å². The summed E-state index contributed by atoms with van der Waals surface area (Å²) in [6.07, 6.45) is 0. The number of guanidine groups is 1. The van der Waals surface area contributed by atoms with Gasteiger partial charge in [-0.3, -0.25) is 4.99 Å². The molecule has 24 heavy (non-hydrogen) atoms. The van der Waals surface area contributed by atoms with Gasteiger partial charge in [-0.1, -0.05) is 18.2 Å². The molecule has 0 bridgehead atoms. The van der Waals surface area contributed by atoms with Crippen LogP contribution >= 0.6 is 11.3 Å². The molecule has 1 aromatic heterocycles. The third-order valence-corrected chi connectivity index (χ3v) is 4.36. The van der Waals surface area contributed by atoms with E-state index < -0.39 is 0 Å². The lowest BCUT2D eigenvalue weighted by Crippen LogP contribution is -2.36. The summed E-state index contributed by atoms with van der Waals surface area (Å²) in [5.41, 5.74) is 2.10. The molecule has 130 valence electrons. The lowest BCUT2D eigenvalue weighted by Gasteiger charge is -2.14. The van der Waals surface area contributed by atoms with E-state index in [9.17, 15) is 0 Å². The van der Waals surface area contributed by atoms with Gasteiger partial charge in [-0.25, -0.2) is 4.98 Å². The minimum Gasteiger partial charge on any atom is -0.494 e. The van der Waals surface area contributed by atoms with E-state index in [0.717, 1.165) is 28.1 Å². The topological polar surface area (TPSA) is 61.8 Å². The quantitative estimate of drug-likeness (QED) is 0.595. The zero-order valence-electron chi connectivity index (χ0n) is 14.7. The molecule has 0 saturated heterocycles. The highest BCUT2D eigenvalue weighted by atomic mass is 32.1. The predicted octanol–water partition coefficient (Wildman–Crippen LogP) is 2.47. The van der Waals surface area contributed by atoms with Crippen LogP contribution in [0.25, 0.3) is 0 Å². The number of aliphatic imine (C=N–C) groups is 1. The Bertz CT molecular complexity index is 669. The van der Waals surface area contributed by atoms with Gasteiger partial charge < -0.3 is 20.3 Å². The Morgan fingerprint density at radius 1 is 1.25 bits per heavy atom. The van der Waals surface area contributed by atoms with Gasteiger partial charge in [0.1, 0.15) is 5.75 Å². The molecule has 2 rings (SSSR count). The number of hydrogen-bond acceptors (Lipinski definition) is 5. The van der Waals surface area contributed by atoms with Gasteiger partial charge in [0.15, 0.2) is 11.1 Å². The third-order valence-electron chi connectivity index (χ3n) is 3.30. The van der Waals surface area contributed by atoms with Crippen molar-refractivity contribution in [3.8, 4) is 5.75 Å². The Hall–Kier alpha value is -2.28. The summed E-state index contributed by atoms with van der Waals surface area (Å²) in [4.78, 5) is 10.8. The molecular formula is C17H25N5OS. The van der Waals surface area contributed by atoms with Crippen molar-refractivity contribution in [2.75, 3.05) is 32.6 Å². The first-order chi connectivity index (χ1) is 11.6. The molecule has 0 aliphatic heterocycles. The minimum atomic E-state index is 0.636. The van der Waals surface area contributed by atoms with E-state index in [1.165, 1.54) is 0 Å². The summed E-state index contributed by atoms with van der Waals surface area (Å²) in [6, 6.07) is 8.02. The van der Waals surface area contributed by atoms with Crippen LogP contribution < -0.4 is 20.3 Å². The molecule has 0 amide bonds. The van der Waals surface area contributed by atoms with Crippen molar-refractivity contribution in [3.63, 3.8) is 0 Å². The summed E-state index contributed by atoms with van der Waals surface area (Å²) in [5, 5.41) is 9.65. The fourth-order valence-electron chi connectivity index (χ4n) is 2.10. The van der Waals surface area contributed by atoms with Crippen LogP contribution in [0.5, 0.6) is 5.75 Å². The molecular weight excluding hydrogens is 322 g/mol. The summed E-state index contributed by atoms with van der Waals surface area (Å²) in [7, 11) is 5.74. The summed E-state index contributed by atoms with van der Waals surface area (Å²) >= 11 is 1.63. The highest BCUT2D eigenvalue weighted by molar-refractivity contribution is 7.13. The molecule has 0 aliphatic carbocycles. The minimum absolute atomic E-state index is 0.636. The molecule has 0 aliphatic rings. The van der Waals surface area contributed by atoms with Crippen molar-refractivity contribution in [1.82, 2.24) is 15.6 Å². The van der Waals surface area contributed by atoms with Gasteiger partial charge in [-0.15, -0.1) is 11.3 Å². The molecule has 2 aromatic rings.